The van der Waals surface area contributed by atoms with Gasteiger partial charge in [-0.1, -0.05) is 12.1 Å². The molecule has 0 saturated carbocycles. The van der Waals surface area contributed by atoms with Crippen molar-refractivity contribution in [1.82, 2.24) is 18.7 Å². The van der Waals surface area contributed by atoms with E-state index in [9.17, 15) is 19.1 Å². The number of aromatic nitrogens is 4. The Balaban J connectivity index is 2.06. The quantitative estimate of drug-likeness (QED) is 0.753. The van der Waals surface area contributed by atoms with Gasteiger partial charge in [0.1, 0.15) is 5.82 Å². The summed E-state index contributed by atoms with van der Waals surface area (Å²) in [5, 5.41) is 10.3. The molecule has 1 atom stereocenters. The molecule has 23 heavy (non-hydrogen) atoms. The zero-order valence-corrected chi connectivity index (χ0v) is 12.6. The van der Waals surface area contributed by atoms with E-state index in [2.05, 4.69) is 4.98 Å². The van der Waals surface area contributed by atoms with Crippen LogP contribution < -0.4 is 11.2 Å². The lowest BCUT2D eigenvalue weighted by molar-refractivity contribution is 0.157. The molecule has 2 heterocycles. The number of fused-ring (bicyclic) bond motifs is 1. The first-order valence-electron chi connectivity index (χ1n) is 6.94. The summed E-state index contributed by atoms with van der Waals surface area (Å²) in [6, 6.07) is 5.47. The maximum Gasteiger partial charge on any atom is 0.332 e. The molecule has 0 aliphatic heterocycles. The average Bonchev–Trinajstić information content (AvgIpc) is 2.95. The van der Waals surface area contributed by atoms with Crippen molar-refractivity contribution in [1.29, 1.82) is 0 Å². The lowest BCUT2D eigenvalue weighted by atomic mass is 10.1. The van der Waals surface area contributed by atoms with E-state index < -0.39 is 23.2 Å². The van der Waals surface area contributed by atoms with Crippen LogP contribution in [0.2, 0.25) is 0 Å². The Labute approximate surface area is 129 Å². The van der Waals surface area contributed by atoms with Gasteiger partial charge in [-0.3, -0.25) is 13.9 Å². The molecule has 0 aliphatic carbocycles. The van der Waals surface area contributed by atoms with Crippen LogP contribution in [0.25, 0.3) is 11.2 Å². The number of nitrogens with zero attached hydrogens (tertiary/aromatic N) is 4. The molecule has 0 radical (unpaired) electrons. The molecule has 120 valence electrons. The van der Waals surface area contributed by atoms with Gasteiger partial charge in [0.2, 0.25) is 0 Å². The van der Waals surface area contributed by atoms with Gasteiger partial charge >= 0.3 is 5.69 Å². The predicted molar refractivity (Wildman–Crippen MR) is 81.6 cm³/mol. The summed E-state index contributed by atoms with van der Waals surface area (Å²) in [7, 11) is 2.91. The van der Waals surface area contributed by atoms with E-state index in [0.717, 1.165) is 4.57 Å². The summed E-state index contributed by atoms with van der Waals surface area (Å²) in [4.78, 5) is 28.3. The fourth-order valence-corrected chi connectivity index (χ4v) is 2.51. The summed E-state index contributed by atoms with van der Waals surface area (Å²) in [5.74, 6) is -0.391. The monoisotopic (exact) mass is 318 g/mol. The Morgan fingerprint density at radius 3 is 2.48 bits per heavy atom. The van der Waals surface area contributed by atoms with Crippen molar-refractivity contribution >= 4 is 11.2 Å². The number of hydrogen-bond acceptors (Lipinski definition) is 4. The van der Waals surface area contributed by atoms with E-state index >= 15 is 0 Å². The van der Waals surface area contributed by atoms with Crippen LogP contribution in [-0.2, 0) is 20.6 Å². The fourth-order valence-electron chi connectivity index (χ4n) is 2.51. The molecule has 0 saturated heterocycles. The topological polar surface area (TPSA) is 82.0 Å². The second-order valence-electron chi connectivity index (χ2n) is 5.34. The second-order valence-corrected chi connectivity index (χ2v) is 5.34. The molecule has 0 bridgehead atoms. The van der Waals surface area contributed by atoms with E-state index in [0.29, 0.717) is 5.56 Å². The van der Waals surface area contributed by atoms with Gasteiger partial charge in [0.15, 0.2) is 11.2 Å². The Bertz CT molecular complexity index is 985. The zero-order valence-electron chi connectivity index (χ0n) is 12.6. The molecule has 7 nitrogen and oxygen atoms in total. The molecular weight excluding hydrogens is 303 g/mol. The molecule has 2 aromatic heterocycles. The number of aliphatic hydroxyl groups is 1. The minimum Gasteiger partial charge on any atom is -0.387 e. The number of aryl methyl sites for hydroxylation is 1. The fraction of sp³-hybridized carbons (Fsp3) is 0.267. The number of imidazole rings is 1. The van der Waals surface area contributed by atoms with Gasteiger partial charge in [-0.15, -0.1) is 0 Å². The molecule has 0 aliphatic rings. The first kappa shape index (κ1) is 15.2. The largest absolute Gasteiger partial charge is 0.387 e. The van der Waals surface area contributed by atoms with Crippen LogP contribution in [0.5, 0.6) is 0 Å². The number of hydrogen-bond donors (Lipinski definition) is 1. The van der Waals surface area contributed by atoms with Gasteiger partial charge in [0.05, 0.1) is 19.0 Å². The second kappa shape index (κ2) is 5.47. The highest BCUT2D eigenvalue weighted by Crippen LogP contribution is 2.17. The zero-order chi connectivity index (χ0) is 16.7. The third-order valence-electron chi connectivity index (χ3n) is 3.84. The molecule has 8 heteroatoms. The van der Waals surface area contributed by atoms with Crippen LogP contribution >= 0.6 is 0 Å². The van der Waals surface area contributed by atoms with Crippen molar-refractivity contribution in [2.75, 3.05) is 0 Å². The number of benzene rings is 1. The van der Waals surface area contributed by atoms with Crippen LogP contribution in [0.15, 0.2) is 40.2 Å². The van der Waals surface area contributed by atoms with Crippen molar-refractivity contribution in [2.45, 2.75) is 12.6 Å². The highest BCUT2D eigenvalue weighted by molar-refractivity contribution is 5.69. The summed E-state index contributed by atoms with van der Waals surface area (Å²) < 4.78 is 16.7. The average molecular weight is 318 g/mol. The molecule has 3 rings (SSSR count). The first-order valence-corrected chi connectivity index (χ1v) is 6.94. The van der Waals surface area contributed by atoms with Gasteiger partial charge in [0.25, 0.3) is 5.56 Å². The minimum absolute atomic E-state index is 0.0651. The van der Waals surface area contributed by atoms with Crippen molar-refractivity contribution in [3.8, 4) is 0 Å². The molecule has 1 aromatic carbocycles. The summed E-state index contributed by atoms with van der Waals surface area (Å²) in [6.45, 7) is 0.0651. The predicted octanol–water partition coefficient (Wildman–Crippen LogP) is 0.306. The van der Waals surface area contributed by atoms with Crippen molar-refractivity contribution in [3.63, 3.8) is 0 Å². The van der Waals surface area contributed by atoms with Crippen LogP contribution in [0.3, 0.4) is 0 Å². The molecule has 0 amide bonds. The Morgan fingerprint density at radius 2 is 1.83 bits per heavy atom. The normalized spacial score (nSPS) is 12.7. The molecule has 3 aromatic rings. The van der Waals surface area contributed by atoms with Crippen LogP contribution in [0, 0.1) is 5.82 Å². The van der Waals surface area contributed by atoms with E-state index in [1.807, 2.05) is 0 Å². The number of aliphatic hydroxyl groups excluding tert-OH is 1. The van der Waals surface area contributed by atoms with Crippen LogP contribution in [-0.4, -0.2) is 23.8 Å². The van der Waals surface area contributed by atoms with Crippen molar-refractivity contribution < 1.29 is 9.50 Å². The number of rotatable bonds is 3. The maximum atomic E-state index is 12.9. The summed E-state index contributed by atoms with van der Waals surface area (Å²) in [6.07, 6.45) is 0.466. The van der Waals surface area contributed by atoms with E-state index in [1.54, 1.807) is 0 Å². The lowest BCUT2D eigenvalue weighted by Gasteiger charge is -2.12. The van der Waals surface area contributed by atoms with Gasteiger partial charge in [-0.05, 0) is 17.7 Å². The highest BCUT2D eigenvalue weighted by atomic mass is 19.1. The summed E-state index contributed by atoms with van der Waals surface area (Å²) >= 11 is 0. The number of halogens is 1. The third kappa shape index (κ3) is 2.46. The van der Waals surface area contributed by atoms with Gasteiger partial charge in [0, 0.05) is 14.1 Å². The Morgan fingerprint density at radius 1 is 1.17 bits per heavy atom. The molecule has 1 N–H and O–H groups in total. The third-order valence-corrected chi connectivity index (χ3v) is 3.84. The van der Waals surface area contributed by atoms with Gasteiger partial charge < -0.3 is 9.67 Å². The van der Waals surface area contributed by atoms with Gasteiger partial charge in [-0.25, -0.2) is 14.2 Å². The van der Waals surface area contributed by atoms with Crippen molar-refractivity contribution in [3.05, 3.63) is 62.8 Å². The Hall–Kier alpha value is -2.74. The van der Waals surface area contributed by atoms with Crippen molar-refractivity contribution in [2.24, 2.45) is 14.1 Å². The maximum absolute atomic E-state index is 12.9. The smallest absolute Gasteiger partial charge is 0.332 e. The van der Waals surface area contributed by atoms with E-state index in [4.69, 9.17) is 0 Å². The molecular formula is C15H15FN4O3. The SMILES string of the molecule is Cn1c(=O)c2c(ncn2C[C@H](O)c2ccc(F)cc2)n(C)c1=O. The summed E-state index contributed by atoms with van der Waals surface area (Å²) in [5.41, 5.74) is 0.0637. The van der Waals surface area contributed by atoms with Crippen LogP contribution in [0.4, 0.5) is 4.39 Å². The highest BCUT2D eigenvalue weighted by Gasteiger charge is 2.17. The standard InChI is InChI=1S/C15H15FN4O3/c1-18-13-12(14(22)19(2)15(18)23)20(8-17-13)7-11(21)9-3-5-10(16)6-4-9/h3-6,8,11,21H,7H2,1-2H3/t11-/m0/s1. The molecule has 0 spiro atoms. The van der Waals surface area contributed by atoms with Gasteiger partial charge in [-0.2, -0.15) is 0 Å². The van der Waals surface area contributed by atoms with E-state index in [1.165, 1.54) is 53.8 Å². The first-order chi connectivity index (χ1) is 10.9. The Kier molecular flexibility index (Phi) is 3.61. The molecule has 0 fully saturated rings. The van der Waals surface area contributed by atoms with Crippen LogP contribution in [0.1, 0.15) is 11.7 Å². The van der Waals surface area contributed by atoms with E-state index in [-0.39, 0.29) is 17.7 Å². The lowest BCUT2D eigenvalue weighted by Crippen LogP contribution is -2.37. The molecule has 0 unspecified atom stereocenters. The minimum atomic E-state index is -0.935.